The molecule has 0 saturated carbocycles. The lowest BCUT2D eigenvalue weighted by Gasteiger charge is -2.22. The Morgan fingerprint density at radius 2 is 1.70 bits per heavy atom. The van der Waals surface area contributed by atoms with E-state index in [4.69, 9.17) is 9.84 Å². The lowest BCUT2D eigenvalue weighted by atomic mass is 9.95. The molecule has 0 atom stereocenters. The Kier molecular flexibility index (Phi) is 5.17. The summed E-state index contributed by atoms with van der Waals surface area (Å²) in [5, 5.41) is 12.0. The Balaban J connectivity index is 2.62. The molecule has 0 heterocycles. The summed E-state index contributed by atoms with van der Waals surface area (Å²) in [6, 6.07) is 7.05. The van der Waals surface area contributed by atoms with Gasteiger partial charge in [0.25, 0.3) is 5.91 Å². The van der Waals surface area contributed by atoms with Crippen molar-refractivity contribution in [2.24, 2.45) is 5.41 Å². The highest BCUT2D eigenvalue weighted by atomic mass is 16.5. The number of hydrogen-bond acceptors (Lipinski definition) is 3. The van der Waals surface area contributed by atoms with Crippen molar-refractivity contribution in [3.8, 4) is 5.75 Å². The van der Waals surface area contributed by atoms with Gasteiger partial charge in [0.15, 0.2) is 0 Å². The second-order valence-corrected chi connectivity index (χ2v) is 6.74. The third kappa shape index (κ3) is 5.61. The number of aliphatic hydroxyl groups excluding tert-OH is 1. The van der Waals surface area contributed by atoms with E-state index < -0.39 is 0 Å². The van der Waals surface area contributed by atoms with Crippen LogP contribution in [-0.4, -0.2) is 29.8 Å². The Labute approximate surface area is 121 Å². The SMILES string of the molecule is CC(C)(CO)CNC(=O)c1ccc(OC(C)(C)C)cc1. The molecule has 112 valence electrons. The molecular formula is C16H25NO3. The predicted octanol–water partition coefficient (Wildman–Crippen LogP) is 2.61. The molecule has 1 aromatic carbocycles. The van der Waals surface area contributed by atoms with Crippen LogP contribution in [0.1, 0.15) is 45.0 Å². The highest BCUT2D eigenvalue weighted by molar-refractivity contribution is 5.94. The Morgan fingerprint density at radius 3 is 2.15 bits per heavy atom. The molecule has 0 spiro atoms. The zero-order chi connectivity index (χ0) is 15.4. The summed E-state index contributed by atoms with van der Waals surface area (Å²) in [6.07, 6.45) is 0. The third-order valence-corrected chi connectivity index (χ3v) is 2.70. The second-order valence-electron chi connectivity index (χ2n) is 6.74. The van der Waals surface area contributed by atoms with E-state index in [2.05, 4.69) is 5.32 Å². The quantitative estimate of drug-likeness (QED) is 0.871. The van der Waals surface area contributed by atoms with Crippen LogP contribution in [0.3, 0.4) is 0 Å². The summed E-state index contributed by atoms with van der Waals surface area (Å²) < 4.78 is 5.70. The van der Waals surface area contributed by atoms with E-state index in [9.17, 15) is 4.79 Å². The van der Waals surface area contributed by atoms with Gasteiger partial charge in [-0.3, -0.25) is 4.79 Å². The van der Waals surface area contributed by atoms with Crippen molar-refractivity contribution in [1.82, 2.24) is 5.32 Å². The molecule has 0 aliphatic carbocycles. The normalized spacial score (nSPS) is 12.1. The van der Waals surface area contributed by atoms with Crippen LogP contribution in [0.15, 0.2) is 24.3 Å². The molecule has 0 fully saturated rings. The van der Waals surface area contributed by atoms with Gasteiger partial charge < -0.3 is 15.2 Å². The van der Waals surface area contributed by atoms with Gasteiger partial charge >= 0.3 is 0 Å². The van der Waals surface area contributed by atoms with Crippen molar-refractivity contribution >= 4 is 5.91 Å². The van der Waals surface area contributed by atoms with E-state index in [1.54, 1.807) is 24.3 Å². The molecule has 0 aromatic heterocycles. The molecule has 1 amide bonds. The first-order valence-corrected chi connectivity index (χ1v) is 6.81. The first kappa shape index (κ1) is 16.5. The van der Waals surface area contributed by atoms with Gasteiger partial charge in [-0.2, -0.15) is 0 Å². The maximum Gasteiger partial charge on any atom is 0.251 e. The number of amides is 1. The molecular weight excluding hydrogens is 254 g/mol. The van der Waals surface area contributed by atoms with Gasteiger partial charge in [0.2, 0.25) is 0 Å². The number of benzene rings is 1. The van der Waals surface area contributed by atoms with Crippen molar-refractivity contribution < 1.29 is 14.6 Å². The minimum absolute atomic E-state index is 0.0334. The lowest BCUT2D eigenvalue weighted by molar-refractivity contribution is 0.0911. The molecule has 1 aromatic rings. The molecule has 0 radical (unpaired) electrons. The zero-order valence-electron chi connectivity index (χ0n) is 13.0. The fourth-order valence-electron chi connectivity index (χ4n) is 1.51. The summed E-state index contributed by atoms with van der Waals surface area (Å²) >= 11 is 0. The Hall–Kier alpha value is -1.55. The van der Waals surface area contributed by atoms with E-state index in [1.807, 2.05) is 34.6 Å². The van der Waals surface area contributed by atoms with Crippen LogP contribution in [0.2, 0.25) is 0 Å². The summed E-state index contributed by atoms with van der Waals surface area (Å²) in [6.45, 7) is 10.2. The van der Waals surface area contributed by atoms with Crippen LogP contribution in [0.5, 0.6) is 5.75 Å². The van der Waals surface area contributed by atoms with Crippen LogP contribution in [0.4, 0.5) is 0 Å². The smallest absolute Gasteiger partial charge is 0.251 e. The van der Waals surface area contributed by atoms with Crippen LogP contribution in [0.25, 0.3) is 0 Å². The molecule has 4 nitrogen and oxygen atoms in total. The fourth-order valence-corrected chi connectivity index (χ4v) is 1.51. The summed E-state index contributed by atoms with van der Waals surface area (Å²) in [7, 11) is 0. The number of carbonyl (C=O) groups is 1. The monoisotopic (exact) mass is 279 g/mol. The average molecular weight is 279 g/mol. The fraction of sp³-hybridized carbons (Fsp3) is 0.562. The highest BCUT2D eigenvalue weighted by Crippen LogP contribution is 2.18. The number of carbonyl (C=O) groups excluding carboxylic acids is 1. The highest BCUT2D eigenvalue weighted by Gasteiger charge is 2.18. The van der Waals surface area contributed by atoms with E-state index >= 15 is 0 Å². The van der Waals surface area contributed by atoms with E-state index in [0.717, 1.165) is 5.75 Å². The second kappa shape index (κ2) is 6.27. The standard InChI is InChI=1S/C16H25NO3/c1-15(2,3)20-13-8-6-12(7-9-13)14(19)17-10-16(4,5)11-18/h6-9,18H,10-11H2,1-5H3,(H,17,19). The van der Waals surface area contributed by atoms with Crippen LogP contribution in [-0.2, 0) is 0 Å². The number of rotatable bonds is 5. The molecule has 1 rings (SSSR count). The molecule has 20 heavy (non-hydrogen) atoms. The van der Waals surface area contributed by atoms with Gasteiger partial charge in [-0.25, -0.2) is 0 Å². The van der Waals surface area contributed by atoms with Gasteiger partial charge in [-0.1, -0.05) is 13.8 Å². The van der Waals surface area contributed by atoms with Crippen molar-refractivity contribution in [2.75, 3.05) is 13.2 Å². The first-order valence-electron chi connectivity index (χ1n) is 6.81. The number of nitrogens with one attached hydrogen (secondary N) is 1. The van der Waals surface area contributed by atoms with Crippen LogP contribution >= 0.6 is 0 Å². The minimum Gasteiger partial charge on any atom is -0.488 e. The molecule has 4 heteroatoms. The summed E-state index contributed by atoms with van der Waals surface area (Å²) in [4.78, 5) is 12.0. The van der Waals surface area contributed by atoms with Gasteiger partial charge in [-0.15, -0.1) is 0 Å². The van der Waals surface area contributed by atoms with Gasteiger partial charge in [-0.05, 0) is 45.0 Å². The molecule has 0 aliphatic rings. The van der Waals surface area contributed by atoms with Crippen molar-refractivity contribution in [3.63, 3.8) is 0 Å². The number of aliphatic hydroxyl groups is 1. The summed E-state index contributed by atoms with van der Waals surface area (Å²) in [5.74, 6) is 0.596. The van der Waals surface area contributed by atoms with Gasteiger partial charge in [0.1, 0.15) is 11.4 Å². The third-order valence-electron chi connectivity index (χ3n) is 2.70. The Bertz CT molecular complexity index is 444. The van der Waals surface area contributed by atoms with E-state index in [0.29, 0.717) is 12.1 Å². The molecule has 0 bridgehead atoms. The zero-order valence-corrected chi connectivity index (χ0v) is 13.0. The lowest BCUT2D eigenvalue weighted by Crippen LogP contribution is -2.36. The molecule has 2 N–H and O–H groups in total. The van der Waals surface area contributed by atoms with E-state index in [1.165, 1.54) is 0 Å². The largest absolute Gasteiger partial charge is 0.488 e. The summed E-state index contributed by atoms with van der Waals surface area (Å²) in [5.41, 5.74) is 0.0138. The van der Waals surface area contributed by atoms with Crippen molar-refractivity contribution in [2.45, 2.75) is 40.2 Å². The Morgan fingerprint density at radius 1 is 1.15 bits per heavy atom. The number of ether oxygens (including phenoxy) is 1. The predicted molar refractivity (Wildman–Crippen MR) is 80.0 cm³/mol. The molecule has 0 aliphatic heterocycles. The number of hydrogen-bond donors (Lipinski definition) is 2. The maximum atomic E-state index is 12.0. The van der Waals surface area contributed by atoms with Crippen molar-refractivity contribution in [3.05, 3.63) is 29.8 Å². The first-order chi connectivity index (χ1) is 9.13. The molecule has 0 unspecified atom stereocenters. The maximum absolute atomic E-state index is 12.0. The van der Waals surface area contributed by atoms with Gasteiger partial charge in [0, 0.05) is 24.1 Å². The van der Waals surface area contributed by atoms with Crippen molar-refractivity contribution in [1.29, 1.82) is 0 Å². The van der Waals surface area contributed by atoms with Crippen LogP contribution < -0.4 is 10.1 Å². The molecule has 0 saturated heterocycles. The van der Waals surface area contributed by atoms with Gasteiger partial charge in [0.05, 0.1) is 0 Å². The van der Waals surface area contributed by atoms with E-state index in [-0.39, 0.29) is 23.5 Å². The average Bonchev–Trinajstić information content (AvgIpc) is 2.35. The van der Waals surface area contributed by atoms with Crippen LogP contribution in [0, 0.1) is 5.41 Å². The topological polar surface area (TPSA) is 58.6 Å². The minimum atomic E-state index is -0.315.